The topological polar surface area (TPSA) is 84.5 Å². The smallest absolute Gasteiger partial charge is 0.262 e. The molecule has 0 saturated heterocycles. The molecule has 0 radical (unpaired) electrons. The van der Waals surface area contributed by atoms with E-state index in [-0.39, 0.29) is 30.2 Å². The molecule has 2 aromatic rings. The summed E-state index contributed by atoms with van der Waals surface area (Å²) in [5, 5.41) is 5.61. The molecule has 1 fully saturated rings. The average molecular weight is 352 g/mol. The average Bonchev–Trinajstić information content (AvgIpc) is 3.44. The number of ether oxygens (including phenoxy) is 1. The van der Waals surface area contributed by atoms with Crippen molar-refractivity contribution >= 4 is 23.3 Å². The van der Waals surface area contributed by atoms with Gasteiger partial charge < -0.3 is 15.4 Å². The standard InChI is InChI=1S/C20H20N2O4/c1-13(23)14-4-3-7-18(11-14)26-12-19(24)21-17-6-2-5-15(10-17)20(25)22-16-8-9-16/h2-7,10-11,16H,8-9,12H2,1H3,(H,21,24)(H,22,25). The second-order valence-corrected chi connectivity index (χ2v) is 6.25. The van der Waals surface area contributed by atoms with Crippen LogP contribution >= 0.6 is 0 Å². The Bertz CT molecular complexity index is 843. The third-order valence-electron chi connectivity index (χ3n) is 3.93. The van der Waals surface area contributed by atoms with Crippen LogP contribution < -0.4 is 15.4 Å². The van der Waals surface area contributed by atoms with Crippen molar-refractivity contribution in [1.82, 2.24) is 5.32 Å². The zero-order chi connectivity index (χ0) is 18.5. The number of benzene rings is 2. The number of Topliss-reactive ketones (excluding diaryl/α,β-unsaturated/α-hetero) is 1. The van der Waals surface area contributed by atoms with Gasteiger partial charge in [-0.15, -0.1) is 0 Å². The molecule has 3 rings (SSSR count). The quantitative estimate of drug-likeness (QED) is 0.751. The van der Waals surface area contributed by atoms with Gasteiger partial charge >= 0.3 is 0 Å². The Morgan fingerprint density at radius 2 is 1.77 bits per heavy atom. The van der Waals surface area contributed by atoms with Crippen LogP contribution in [-0.2, 0) is 4.79 Å². The molecule has 134 valence electrons. The van der Waals surface area contributed by atoms with Crippen molar-refractivity contribution in [2.45, 2.75) is 25.8 Å². The Hall–Kier alpha value is -3.15. The lowest BCUT2D eigenvalue weighted by Crippen LogP contribution is -2.25. The van der Waals surface area contributed by atoms with Crippen LogP contribution in [0.2, 0.25) is 0 Å². The van der Waals surface area contributed by atoms with Gasteiger partial charge in [0.15, 0.2) is 12.4 Å². The summed E-state index contributed by atoms with van der Waals surface area (Å²) in [6.45, 7) is 1.28. The third-order valence-corrected chi connectivity index (χ3v) is 3.93. The van der Waals surface area contributed by atoms with Crippen LogP contribution in [0.3, 0.4) is 0 Å². The second kappa shape index (κ2) is 7.82. The first-order chi connectivity index (χ1) is 12.5. The van der Waals surface area contributed by atoms with E-state index >= 15 is 0 Å². The van der Waals surface area contributed by atoms with E-state index in [0.29, 0.717) is 22.6 Å². The van der Waals surface area contributed by atoms with Crippen molar-refractivity contribution in [2.24, 2.45) is 0 Å². The SMILES string of the molecule is CC(=O)c1cccc(OCC(=O)Nc2cccc(C(=O)NC3CC3)c2)c1. The van der Waals surface area contributed by atoms with Crippen molar-refractivity contribution < 1.29 is 19.1 Å². The van der Waals surface area contributed by atoms with Gasteiger partial charge in [-0.1, -0.05) is 18.2 Å². The molecule has 26 heavy (non-hydrogen) atoms. The highest BCUT2D eigenvalue weighted by Crippen LogP contribution is 2.20. The zero-order valence-electron chi connectivity index (χ0n) is 14.5. The molecule has 2 N–H and O–H groups in total. The van der Waals surface area contributed by atoms with Gasteiger partial charge in [0, 0.05) is 22.9 Å². The number of rotatable bonds is 7. The normalized spacial score (nSPS) is 13.0. The first kappa shape index (κ1) is 17.7. The van der Waals surface area contributed by atoms with E-state index in [2.05, 4.69) is 10.6 Å². The van der Waals surface area contributed by atoms with Crippen molar-refractivity contribution in [3.8, 4) is 5.75 Å². The molecule has 0 heterocycles. The molecule has 2 amide bonds. The molecule has 0 aliphatic heterocycles. The molecule has 0 atom stereocenters. The summed E-state index contributed by atoms with van der Waals surface area (Å²) < 4.78 is 5.43. The van der Waals surface area contributed by atoms with Gasteiger partial charge in [0.2, 0.25) is 0 Å². The molecule has 1 aliphatic carbocycles. The predicted octanol–water partition coefficient (Wildman–Crippen LogP) is 2.80. The van der Waals surface area contributed by atoms with E-state index in [9.17, 15) is 14.4 Å². The van der Waals surface area contributed by atoms with Crippen LogP contribution in [0.4, 0.5) is 5.69 Å². The number of anilines is 1. The molecule has 1 saturated carbocycles. The number of hydrogen-bond acceptors (Lipinski definition) is 4. The summed E-state index contributed by atoms with van der Waals surface area (Å²) >= 11 is 0. The molecule has 0 spiro atoms. The minimum absolute atomic E-state index is 0.0683. The Morgan fingerprint density at radius 1 is 1.04 bits per heavy atom. The van der Waals surface area contributed by atoms with E-state index in [0.717, 1.165) is 12.8 Å². The highest BCUT2D eigenvalue weighted by molar-refractivity contribution is 5.98. The van der Waals surface area contributed by atoms with Crippen molar-refractivity contribution in [3.63, 3.8) is 0 Å². The summed E-state index contributed by atoms with van der Waals surface area (Å²) in [5.41, 5.74) is 1.56. The molecule has 6 nitrogen and oxygen atoms in total. The first-order valence-corrected chi connectivity index (χ1v) is 8.46. The highest BCUT2D eigenvalue weighted by Gasteiger charge is 2.23. The van der Waals surface area contributed by atoms with Crippen LogP contribution in [0.1, 0.15) is 40.5 Å². The summed E-state index contributed by atoms with van der Waals surface area (Å²) in [6, 6.07) is 13.7. The van der Waals surface area contributed by atoms with Gasteiger partial charge in [-0.05, 0) is 50.1 Å². The fraction of sp³-hybridized carbons (Fsp3) is 0.250. The van der Waals surface area contributed by atoms with Crippen molar-refractivity contribution in [2.75, 3.05) is 11.9 Å². The minimum Gasteiger partial charge on any atom is -0.484 e. The van der Waals surface area contributed by atoms with Gasteiger partial charge in [-0.3, -0.25) is 14.4 Å². The zero-order valence-corrected chi connectivity index (χ0v) is 14.5. The summed E-state index contributed by atoms with van der Waals surface area (Å²) in [5.74, 6) is -0.106. The number of amides is 2. The van der Waals surface area contributed by atoms with Gasteiger partial charge in [0.25, 0.3) is 11.8 Å². The van der Waals surface area contributed by atoms with Gasteiger partial charge in [0.1, 0.15) is 5.75 Å². The number of carbonyl (C=O) groups excluding carboxylic acids is 3. The lowest BCUT2D eigenvalue weighted by atomic mass is 10.1. The molecule has 0 bridgehead atoms. The van der Waals surface area contributed by atoms with Crippen LogP contribution in [0.25, 0.3) is 0 Å². The van der Waals surface area contributed by atoms with E-state index in [4.69, 9.17) is 4.74 Å². The Labute approximate surface area is 151 Å². The van der Waals surface area contributed by atoms with Crippen LogP contribution in [0.5, 0.6) is 5.75 Å². The monoisotopic (exact) mass is 352 g/mol. The first-order valence-electron chi connectivity index (χ1n) is 8.46. The maximum atomic E-state index is 12.1. The van der Waals surface area contributed by atoms with Gasteiger partial charge in [-0.2, -0.15) is 0 Å². The van der Waals surface area contributed by atoms with Crippen molar-refractivity contribution in [3.05, 3.63) is 59.7 Å². The molecular formula is C20H20N2O4. The molecule has 0 aromatic heterocycles. The highest BCUT2D eigenvalue weighted by atomic mass is 16.5. The largest absolute Gasteiger partial charge is 0.484 e. The Kier molecular flexibility index (Phi) is 5.31. The lowest BCUT2D eigenvalue weighted by Gasteiger charge is -2.09. The second-order valence-electron chi connectivity index (χ2n) is 6.25. The fourth-order valence-electron chi connectivity index (χ4n) is 2.39. The van der Waals surface area contributed by atoms with Crippen LogP contribution in [-0.4, -0.2) is 30.2 Å². The molecule has 1 aliphatic rings. The molecule has 6 heteroatoms. The third kappa shape index (κ3) is 4.92. The number of carbonyl (C=O) groups is 3. The van der Waals surface area contributed by atoms with Gasteiger partial charge in [-0.25, -0.2) is 0 Å². The summed E-state index contributed by atoms with van der Waals surface area (Å²) in [6.07, 6.45) is 2.04. The summed E-state index contributed by atoms with van der Waals surface area (Å²) in [4.78, 5) is 35.5. The van der Waals surface area contributed by atoms with Gasteiger partial charge in [0.05, 0.1) is 0 Å². The summed E-state index contributed by atoms with van der Waals surface area (Å²) in [7, 11) is 0. The maximum Gasteiger partial charge on any atom is 0.262 e. The van der Waals surface area contributed by atoms with Crippen LogP contribution in [0.15, 0.2) is 48.5 Å². The van der Waals surface area contributed by atoms with E-state index in [1.54, 1.807) is 48.5 Å². The molecule has 0 unspecified atom stereocenters. The van der Waals surface area contributed by atoms with Crippen LogP contribution in [0, 0.1) is 0 Å². The lowest BCUT2D eigenvalue weighted by molar-refractivity contribution is -0.118. The van der Waals surface area contributed by atoms with E-state index < -0.39 is 0 Å². The number of nitrogens with one attached hydrogen (secondary N) is 2. The molecule has 2 aromatic carbocycles. The van der Waals surface area contributed by atoms with E-state index in [1.807, 2.05) is 0 Å². The number of hydrogen-bond donors (Lipinski definition) is 2. The Balaban J connectivity index is 1.55. The number of ketones is 1. The maximum absolute atomic E-state index is 12.1. The van der Waals surface area contributed by atoms with E-state index in [1.165, 1.54) is 6.92 Å². The predicted molar refractivity (Wildman–Crippen MR) is 97.5 cm³/mol. The molecular weight excluding hydrogens is 332 g/mol. The van der Waals surface area contributed by atoms with Crippen molar-refractivity contribution in [1.29, 1.82) is 0 Å². The minimum atomic E-state index is -0.349. The Morgan fingerprint density at radius 3 is 2.50 bits per heavy atom. The fourth-order valence-corrected chi connectivity index (χ4v) is 2.39.